The van der Waals surface area contributed by atoms with E-state index in [1.165, 1.54) is 23.5 Å². The van der Waals surface area contributed by atoms with Crippen LogP contribution in [0.2, 0.25) is 0 Å². The Morgan fingerprint density at radius 2 is 1.88 bits per heavy atom. The normalized spacial score (nSPS) is 13.4. The van der Waals surface area contributed by atoms with E-state index in [0.717, 1.165) is 29.7 Å². The molecule has 2 amide bonds. The van der Waals surface area contributed by atoms with E-state index < -0.39 is 0 Å². The number of carbonyl (C=O) groups is 1. The quantitative estimate of drug-likeness (QED) is 0.678. The van der Waals surface area contributed by atoms with Crippen molar-refractivity contribution in [3.05, 3.63) is 71.4 Å². The second-order valence-electron chi connectivity index (χ2n) is 6.32. The van der Waals surface area contributed by atoms with Gasteiger partial charge in [-0.15, -0.1) is 11.3 Å². The fourth-order valence-electron chi connectivity index (χ4n) is 2.78. The van der Waals surface area contributed by atoms with Crippen LogP contribution in [0.5, 0.6) is 0 Å². The highest BCUT2D eigenvalue weighted by molar-refractivity contribution is 7.14. The van der Waals surface area contributed by atoms with Gasteiger partial charge in [-0.2, -0.15) is 0 Å². The molecule has 1 N–H and O–H groups in total. The van der Waals surface area contributed by atoms with Crippen LogP contribution in [-0.2, 0) is 6.54 Å². The molecule has 0 atom stereocenters. The Morgan fingerprint density at radius 3 is 2.58 bits per heavy atom. The molecule has 1 saturated carbocycles. The number of nitrogens with zero attached hydrogens (tertiary/aromatic N) is 2. The zero-order valence-electron chi connectivity index (χ0n) is 14.1. The van der Waals surface area contributed by atoms with Crippen LogP contribution < -0.4 is 5.32 Å². The number of aromatic nitrogens is 1. The fourth-order valence-corrected chi connectivity index (χ4v) is 3.48. The average molecular weight is 367 g/mol. The van der Waals surface area contributed by atoms with E-state index >= 15 is 0 Å². The predicted octanol–water partition coefficient (Wildman–Crippen LogP) is 5.15. The van der Waals surface area contributed by atoms with Crippen LogP contribution in [-0.4, -0.2) is 22.0 Å². The Kier molecular flexibility index (Phi) is 4.67. The molecular weight excluding hydrogens is 349 g/mol. The van der Waals surface area contributed by atoms with Gasteiger partial charge in [-0.3, -0.25) is 5.32 Å². The number of carbonyl (C=O) groups excluding carboxylic acids is 1. The molecule has 1 aliphatic carbocycles. The molecule has 0 aliphatic heterocycles. The number of anilines is 1. The predicted molar refractivity (Wildman–Crippen MR) is 102 cm³/mol. The van der Waals surface area contributed by atoms with E-state index in [9.17, 15) is 9.18 Å². The van der Waals surface area contributed by atoms with Gasteiger partial charge in [0.2, 0.25) is 0 Å². The summed E-state index contributed by atoms with van der Waals surface area (Å²) in [5, 5.41) is 5.42. The van der Waals surface area contributed by atoms with Gasteiger partial charge in [-0.1, -0.05) is 42.5 Å². The number of nitrogens with one attached hydrogen (secondary N) is 1. The third kappa shape index (κ3) is 3.91. The molecule has 4 rings (SSSR count). The number of thiazole rings is 1. The first-order valence-electron chi connectivity index (χ1n) is 8.52. The van der Waals surface area contributed by atoms with Crippen LogP contribution in [0.25, 0.3) is 11.3 Å². The first kappa shape index (κ1) is 16.7. The molecule has 6 heteroatoms. The minimum Gasteiger partial charge on any atom is -0.317 e. The monoisotopic (exact) mass is 367 g/mol. The van der Waals surface area contributed by atoms with Crippen molar-refractivity contribution in [3.8, 4) is 11.3 Å². The summed E-state index contributed by atoms with van der Waals surface area (Å²) >= 11 is 1.41. The highest BCUT2D eigenvalue weighted by atomic mass is 32.1. The third-order valence-corrected chi connectivity index (χ3v) is 5.06. The minimum atomic E-state index is -0.271. The van der Waals surface area contributed by atoms with Crippen molar-refractivity contribution in [1.29, 1.82) is 0 Å². The van der Waals surface area contributed by atoms with E-state index in [4.69, 9.17) is 0 Å². The second-order valence-corrected chi connectivity index (χ2v) is 7.18. The van der Waals surface area contributed by atoms with Crippen molar-refractivity contribution >= 4 is 22.5 Å². The number of hydrogen-bond donors (Lipinski definition) is 1. The average Bonchev–Trinajstić information content (AvgIpc) is 3.40. The Hall–Kier alpha value is -2.73. The van der Waals surface area contributed by atoms with E-state index in [1.54, 1.807) is 17.0 Å². The molecule has 1 heterocycles. The SMILES string of the molecule is O=C(Nc1nc(-c2ccccc2)cs1)N(Cc1ccc(F)cc1)C1CC1. The van der Waals surface area contributed by atoms with Crippen LogP contribution in [0.4, 0.5) is 14.3 Å². The van der Waals surface area contributed by atoms with Gasteiger partial charge in [-0.05, 0) is 30.5 Å². The summed E-state index contributed by atoms with van der Waals surface area (Å²) in [4.78, 5) is 19.0. The minimum absolute atomic E-state index is 0.161. The van der Waals surface area contributed by atoms with Crippen molar-refractivity contribution in [2.75, 3.05) is 5.32 Å². The lowest BCUT2D eigenvalue weighted by molar-refractivity contribution is 0.206. The number of urea groups is 1. The molecule has 26 heavy (non-hydrogen) atoms. The smallest absolute Gasteiger partial charge is 0.317 e. The molecule has 3 aromatic rings. The van der Waals surface area contributed by atoms with E-state index in [0.29, 0.717) is 11.7 Å². The molecule has 1 aromatic heterocycles. The van der Waals surface area contributed by atoms with Gasteiger partial charge in [0.05, 0.1) is 5.69 Å². The van der Waals surface area contributed by atoms with Crippen molar-refractivity contribution < 1.29 is 9.18 Å². The molecule has 132 valence electrons. The first-order valence-corrected chi connectivity index (χ1v) is 9.40. The lowest BCUT2D eigenvalue weighted by Gasteiger charge is -2.22. The number of rotatable bonds is 5. The topological polar surface area (TPSA) is 45.2 Å². The van der Waals surface area contributed by atoms with Crippen molar-refractivity contribution in [1.82, 2.24) is 9.88 Å². The third-order valence-electron chi connectivity index (χ3n) is 4.30. The van der Waals surface area contributed by atoms with Gasteiger partial charge in [0.15, 0.2) is 5.13 Å². The molecule has 2 aromatic carbocycles. The highest BCUT2D eigenvalue weighted by Gasteiger charge is 2.33. The van der Waals surface area contributed by atoms with Crippen LogP contribution in [0.3, 0.4) is 0 Å². The Balaban J connectivity index is 1.45. The number of amides is 2. The van der Waals surface area contributed by atoms with E-state index in [-0.39, 0.29) is 17.9 Å². The largest absolute Gasteiger partial charge is 0.324 e. The van der Waals surface area contributed by atoms with Crippen LogP contribution in [0.15, 0.2) is 60.0 Å². The zero-order chi connectivity index (χ0) is 17.9. The molecule has 4 nitrogen and oxygen atoms in total. The molecule has 0 saturated heterocycles. The van der Waals surface area contributed by atoms with Gasteiger partial charge in [-0.25, -0.2) is 14.2 Å². The molecule has 0 radical (unpaired) electrons. The van der Waals surface area contributed by atoms with Crippen molar-refractivity contribution in [2.45, 2.75) is 25.4 Å². The lowest BCUT2D eigenvalue weighted by atomic mass is 10.2. The van der Waals surface area contributed by atoms with Gasteiger partial charge in [0, 0.05) is 23.5 Å². The molecular formula is C20H18FN3OS. The summed E-state index contributed by atoms with van der Waals surface area (Å²) in [6.45, 7) is 0.466. The van der Waals surface area contributed by atoms with Crippen molar-refractivity contribution in [3.63, 3.8) is 0 Å². The van der Waals surface area contributed by atoms with Crippen LogP contribution >= 0.6 is 11.3 Å². The maximum atomic E-state index is 13.1. The zero-order valence-corrected chi connectivity index (χ0v) is 14.9. The first-order chi connectivity index (χ1) is 12.7. The Morgan fingerprint density at radius 1 is 1.15 bits per heavy atom. The summed E-state index contributed by atoms with van der Waals surface area (Å²) in [6, 6.07) is 16.2. The van der Waals surface area contributed by atoms with E-state index in [1.807, 2.05) is 35.7 Å². The maximum Gasteiger partial charge on any atom is 0.324 e. The standard InChI is InChI=1S/C20H18FN3OS/c21-16-8-6-14(7-9-16)12-24(17-10-11-17)20(25)23-19-22-18(13-26-19)15-4-2-1-3-5-15/h1-9,13,17H,10-12H2,(H,22,23,25). The Bertz CT molecular complexity index is 891. The second kappa shape index (κ2) is 7.25. The summed E-state index contributed by atoms with van der Waals surface area (Å²) in [7, 11) is 0. The van der Waals surface area contributed by atoms with Gasteiger partial charge in [0.25, 0.3) is 0 Å². The fraction of sp³-hybridized carbons (Fsp3) is 0.200. The molecule has 0 spiro atoms. The van der Waals surface area contributed by atoms with Crippen LogP contribution in [0.1, 0.15) is 18.4 Å². The lowest BCUT2D eigenvalue weighted by Crippen LogP contribution is -2.36. The highest BCUT2D eigenvalue weighted by Crippen LogP contribution is 2.30. The Labute approximate surface area is 155 Å². The maximum absolute atomic E-state index is 13.1. The number of benzene rings is 2. The van der Waals surface area contributed by atoms with Gasteiger partial charge in [0.1, 0.15) is 5.82 Å². The molecule has 1 aliphatic rings. The summed E-state index contributed by atoms with van der Waals surface area (Å²) in [6.07, 6.45) is 2.00. The van der Waals surface area contributed by atoms with Gasteiger partial charge < -0.3 is 4.90 Å². The molecule has 0 unspecified atom stereocenters. The van der Waals surface area contributed by atoms with Gasteiger partial charge >= 0.3 is 6.03 Å². The number of hydrogen-bond acceptors (Lipinski definition) is 3. The summed E-state index contributed by atoms with van der Waals surface area (Å²) < 4.78 is 13.1. The van der Waals surface area contributed by atoms with Crippen molar-refractivity contribution in [2.24, 2.45) is 0 Å². The van der Waals surface area contributed by atoms with E-state index in [2.05, 4.69) is 10.3 Å². The molecule has 1 fully saturated rings. The molecule has 0 bridgehead atoms. The summed E-state index contributed by atoms with van der Waals surface area (Å²) in [5.74, 6) is -0.271. The summed E-state index contributed by atoms with van der Waals surface area (Å²) in [5.41, 5.74) is 2.79. The van der Waals surface area contributed by atoms with Crippen LogP contribution in [0, 0.1) is 5.82 Å². The number of halogens is 1.